The number of rotatable bonds is 0. The summed E-state index contributed by atoms with van der Waals surface area (Å²) in [6.07, 6.45) is 1.21. The zero-order valence-corrected chi connectivity index (χ0v) is 16.5. The number of nitrogens with one attached hydrogen (secondary N) is 1. The molecule has 2 aromatic rings. The molecule has 0 aromatic heterocycles. The molecule has 0 radical (unpaired) electrons. The molecule has 26 heavy (non-hydrogen) atoms. The van der Waals surface area contributed by atoms with Crippen LogP contribution in [-0.4, -0.2) is 38.5 Å². The van der Waals surface area contributed by atoms with Gasteiger partial charge in [-0.25, -0.2) is 16.8 Å². The molecule has 3 rings (SSSR count). The van der Waals surface area contributed by atoms with Crippen LogP contribution in [-0.2, 0) is 20.2 Å². The van der Waals surface area contributed by atoms with Gasteiger partial charge in [0.05, 0.1) is 31.6 Å². The smallest absolute Gasteiger partial charge is 0.129 e. The molecule has 144 valence electrons. The normalized spacial score (nSPS) is 12.2. The first-order chi connectivity index (χ1) is 11.7. The van der Waals surface area contributed by atoms with E-state index >= 15 is 0 Å². The second-order valence-electron chi connectivity index (χ2n) is 5.30. The molecular formula is C14H19N3O6S3. The van der Waals surface area contributed by atoms with Crippen LogP contribution in [0.3, 0.4) is 0 Å². The highest BCUT2D eigenvalue weighted by Crippen LogP contribution is 2.44. The van der Waals surface area contributed by atoms with Gasteiger partial charge in [0, 0.05) is 46.6 Å². The Hall–Kier alpha value is -1.67. The fourth-order valence-corrected chi connectivity index (χ4v) is 2.89. The summed E-state index contributed by atoms with van der Waals surface area (Å²) >= 11 is 1.77. The van der Waals surface area contributed by atoms with E-state index in [1.54, 1.807) is 11.8 Å². The number of fused-ring (bicyclic) bond motifs is 2. The lowest BCUT2D eigenvalue weighted by molar-refractivity contribution is -0.255. The van der Waals surface area contributed by atoms with E-state index in [1.807, 2.05) is 12.1 Å². The SMILES string of the molecule is CS(=O)(=O)[O-].CS(=O)(=O)[O-].[NH3+]c1ccc2c(c1)Sc1cc([NH3+])ccc1N2. The van der Waals surface area contributed by atoms with Crippen LogP contribution in [0.25, 0.3) is 0 Å². The lowest BCUT2D eigenvalue weighted by Crippen LogP contribution is -2.40. The predicted molar refractivity (Wildman–Crippen MR) is 96.6 cm³/mol. The van der Waals surface area contributed by atoms with E-state index in [0.29, 0.717) is 12.5 Å². The Bertz CT molecular complexity index is 895. The maximum absolute atomic E-state index is 9.08. The third kappa shape index (κ3) is 9.72. The van der Waals surface area contributed by atoms with Gasteiger partial charge in [-0.15, -0.1) is 0 Å². The average molecular weight is 422 g/mol. The molecule has 0 bridgehead atoms. The van der Waals surface area contributed by atoms with Crippen molar-refractivity contribution in [2.45, 2.75) is 9.79 Å². The molecule has 0 saturated carbocycles. The van der Waals surface area contributed by atoms with Crippen LogP contribution < -0.4 is 16.8 Å². The molecule has 1 aliphatic rings. The molecule has 0 unspecified atom stereocenters. The lowest BCUT2D eigenvalue weighted by atomic mass is 10.2. The summed E-state index contributed by atoms with van der Waals surface area (Å²) in [5.41, 5.74) is 12.3. The fourth-order valence-electron chi connectivity index (χ4n) is 1.77. The van der Waals surface area contributed by atoms with Crippen LogP contribution in [0.5, 0.6) is 0 Å². The van der Waals surface area contributed by atoms with Crippen LogP contribution in [0.4, 0.5) is 22.7 Å². The predicted octanol–water partition coefficient (Wildman–Crippen LogP) is -0.0356. The summed E-state index contributed by atoms with van der Waals surface area (Å²) in [5.74, 6) is 0. The Balaban J connectivity index is 0.000000284. The third-order valence-electron chi connectivity index (χ3n) is 2.58. The summed E-state index contributed by atoms with van der Waals surface area (Å²) in [6, 6.07) is 12.4. The maximum Gasteiger partial charge on any atom is 0.129 e. The maximum atomic E-state index is 9.08. The topological polar surface area (TPSA) is 182 Å². The van der Waals surface area contributed by atoms with E-state index < -0.39 is 20.2 Å². The Morgan fingerprint density at radius 3 is 1.42 bits per heavy atom. The summed E-state index contributed by atoms with van der Waals surface area (Å²) in [5, 5.41) is 3.42. The van der Waals surface area contributed by atoms with Gasteiger partial charge in [0.1, 0.15) is 11.4 Å². The van der Waals surface area contributed by atoms with Gasteiger partial charge in [-0.2, -0.15) is 0 Å². The summed E-state index contributed by atoms with van der Waals surface area (Å²) < 4.78 is 54.5. The Morgan fingerprint density at radius 2 is 1.12 bits per heavy atom. The van der Waals surface area contributed by atoms with Crippen molar-refractivity contribution in [2.75, 3.05) is 17.8 Å². The largest absolute Gasteiger partial charge is 0.748 e. The van der Waals surface area contributed by atoms with Crippen molar-refractivity contribution in [3.8, 4) is 0 Å². The number of anilines is 2. The Morgan fingerprint density at radius 1 is 0.808 bits per heavy atom. The molecule has 0 fully saturated rings. The van der Waals surface area contributed by atoms with Crippen molar-refractivity contribution in [1.29, 1.82) is 0 Å². The zero-order chi connectivity index (χ0) is 20.1. The van der Waals surface area contributed by atoms with E-state index in [2.05, 4.69) is 41.0 Å². The molecule has 0 amide bonds. The van der Waals surface area contributed by atoms with Crippen LogP contribution in [0.2, 0.25) is 0 Å². The molecule has 12 heteroatoms. The quantitative estimate of drug-likeness (QED) is 0.422. The molecule has 1 aliphatic heterocycles. The van der Waals surface area contributed by atoms with E-state index in [1.165, 1.54) is 9.79 Å². The first-order valence-electron chi connectivity index (χ1n) is 6.91. The van der Waals surface area contributed by atoms with E-state index in [-0.39, 0.29) is 0 Å². The second kappa shape index (κ2) is 8.81. The van der Waals surface area contributed by atoms with E-state index in [4.69, 9.17) is 25.9 Å². The molecule has 1 heterocycles. The minimum absolute atomic E-state index is 0.604. The molecule has 0 aliphatic carbocycles. The molecular weight excluding hydrogens is 402 g/mol. The number of hydrogen-bond acceptors (Lipinski definition) is 8. The first kappa shape index (κ1) is 22.4. The average Bonchev–Trinajstić information content (AvgIpc) is 2.41. The first-order valence-corrected chi connectivity index (χ1v) is 11.4. The number of benzene rings is 2. The number of hydrogen-bond donors (Lipinski definition) is 3. The number of quaternary nitrogens is 2. The highest BCUT2D eigenvalue weighted by Gasteiger charge is 2.16. The Kier molecular flexibility index (Phi) is 7.58. The van der Waals surface area contributed by atoms with Gasteiger partial charge in [0.2, 0.25) is 0 Å². The molecule has 7 N–H and O–H groups in total. The van der Waals surface area contributed by atoms with Gasteiger partial charge >= 0.3 is 0 Å². The van der Waals surface area contributed by atoms with Gasteiger partial charge in [0.25, 0.3) is 0 Å². The van der Waals surface area contributed by atoms with E-state index in [0.717, 1.165) is 22.7 Å². The van der Waals surface area contributed by atoms with Gasteiger partial charge in [-0.3, -0.25) is 0 Å². The standard InChI is InChI=1S/C12H11N3S.2CH4O3S/c13-7-1-3-9-11(5-7)16-12-6-8(14)2-4-10(12)15-9;2*1-5(2,3)4/h1-6,15H,13-14H2;2*1H3,(H,2,3,4). The van der Waals surface area contributed by atoms with Crippen LogP contribution in [0, 0.1) is 0 Å². The zero-order valence-electron chi connectivity index (χ0n) is 14.1. The van der Waals surface area contributed by atoms with Gasteiger partial charge in [-0.05, 0) is 12.1 Å². The van der Waals surface area contributed by atoms with Crippen LogP contribution in [0.15, 0.2) is 46.2 Å². The highest BCUT2D eigenvalue weighted by molar-refractivity contribution is 7.99. The van der Waals surface area contributed by atoms with Gasteiger partial charge in [-0.1, -0.05) is 11.8 Å². The molecule has 9 nitrogen and oxygen atoms in total. The molecule has 2 aromatic carbocycles. The van der Waals surface area contributed by atoms with Crippen LogP contribution >= 0.6 is 11.8 Å². The molecule has 0 spiro atoms. The highest BCUT2D eigenvalue weighted by atomic mass is 32.2. The van der Waals surface area contributed by atoms with Crippen molar-refractivity contribution in [1.82, 2.24) is 0 Å². The Labute approximate surface area is 156 Å². The monoisotopic (exact) mass is 421 g/mol. The lowest BCUT2D eigenvalue weighted by Gasteiger charge is -2.20. The van der Waals surface area contributed by atoms with Crippen LogP contribution in [0.1, 0.15) is 0 Å². The minimum Gasteiger partial charge on any atom is -0.748 e. The van der Waals surface area contributed by atoms with E-state index in [9.17, 15) is 0 Å². The van der Waals surface area contributed by atoms with Crippen molar-refractivity contribution >= 4 is 54.7 Å². The molecule has 0 atom stereocenters. The summed E-state index contributed by atoms with van der Waals surface area (Å²) in [4.78, 5) is 2.45. The summed E-state index contributed by atoms with van der Waals surface area (Å²) in [7, 11) is -7.83. The van der Waals surface area contributed by atoms with Crippen molar-refractivity contribution < 1.29 is 37.4 Å². The second-order valence-corrected chi connectivity index (χ2v) is 9.20. The minimum atomic E-state index is -3.92. The fraction of sp³-hybridized carbons (Fsp3) is 0.143. The molecule has 0 saturated heterocycles. The van der Waals surface area contributed by atoms with Crippen molar-refractivity contribution in [3.63, 3.8) is 0 Å². The van der Waals surface area contributed by atoms with Crippen molar-refractivity contribution in [2.24, 2.45) is 0 Å². The van der Waals surface area contributed by atoms with Crippen molar-refractivity contribution in [3.05, 3.63) is 36.4 Å². The third-order valence-corrected chi connectivity index (χ3v) is 3.70. The van der Waals surface area contributed by atoms with Gasteiger partial charge < -0.3 is 25.9 Å². The van der Waals surface area contributed by atoms with Gasteiger partial charge in [0.15, 0.2) is 0 Å². The summed E-state index contributed by atoms with van der Waals surface area (Å²) in [6.45, 7) is 0.